The van der Waals surface area contributed by atoms with Crippen LogP contribution in [0.2, 0.25) is 0 Å². The summed E-state index contributed by atoms with van der Waals surface area (Å²) in [5.41, 5.74) is 3.62. The molecule has 0 bridgehead atoms. The second kappa shape index (κ2) is 13.6. The van der Waals surface area contributed by atoms with Crippen molar-refractivity contribution in [3.8, 4) is 11.4 Å². The number of benzene rings is 3. The molecule has 2 heterocycles. The highest BCUT2D eigenvalue weighted by Gasteiger charge is 2.33. The van der Waals surface area contributed by atoms with Crippen molar-refractivity contribution >= 4 is 29.3 Å². The number of nitrogens with one attached hydrogen (secondary N) is 1. The number of tetrazole rings is 1. The highest BCUT2D eigenvalue weighted by molar-refractivity contribution is 7.99. The van der Waals surface area contributed by atoms with Crippen LogP contribution in [0.5, 0.6) is 5.75 Å². The highest BCUT2D eigenvalue weighted by atomic mass is 32.2. The van der Waals surface area contributed by atoms with Crippen LogP contribution in [-0.4, -0.2) is 59.3 Å². The number of carboxylic acid groups (broad SMARTS) is 1. The third-order valence-corrected chi connectivity index (χ3v) is 7.61. The minimum Gasteiger partial charge on any atom is -0.508 e. The average molecular weight is 592 g/mol. The standard InChI is InChI=1S/C29H29N5O7S/c35-16-18-4-6-19(7-5-18)25-15-24(17-42-29-31-32-33-34(29)22-8-10-23(36)11-9-22)40-28(41-25)20-2-1-3-21(14-20)30-26(37)12-13-27(38)39/h1-11,14,24-25,28,35-36H,12-13,15-17H2,(H,30,37)(H,38,39)/t24-,25+,28+/m0/s1. The van der Waals surface area contributed by atoms with E-state index in [4.69, 9.17) is 14.6 Å². The predicted molar refractivity (Wildman–Crippen MR) is 152 cm³/mol. The molecule has 4 aromatic rings. The smallest absolute Gasteiger partial charge is 0.303 e. The van der Waals surface area contributed by atoms with Crippen molar-refractivity contribution in [2.45, 2.75) is 49.5 Å². The molecule has 42 heavy (non-hydrogen) atoms. The number of aliphatic carboxylic acids is 1. The maximum absolute atomic E-state index is 12.2. The maximum atomic E-state index is 12.2. The van der Waals surface area contributed by atoms with Crippen LogP contribution in [0.25, 0.3) is 5.69 Å². The molecule has 4 N–H and O–H groups in total. The van der Waals surface area contributed by atoms with Crippen LogP contribution in [0.1, 0.15) is 48.3 Å². The van der Waals surface area contributed by atoms with Gasteiger partial charge in [-0.15, -0.1) is 5.10 Å². The van der Waals surface area contributed by atoms with E-state index in [1.807, 2.05) is 30.3 Å². The summed E-state index contributed by atoms with van der Waals surface area (Å²) in [5.74, 6) is -0.788. The first-order chi connectivity index (χ1) is 20.4. The molecule has 0 unspecified atom stereocenters. The van der Waals surface area contributed by atoms with Crippen LogP contribution in [0.3, 0.4) is 0 Å². The topological polar surface area (TPSA) is 169 Å². The monoisotopic (exact) mass is 591 g/mol. The fourth-order valence-corrected chi connectivity index (χ4v) is 5.33. The van der Waals surface area contributed by atoms with Gasteiger partial charge in [0.2, 0.25) is 11.1 Å². The van der Waals surface area contributed by atoms with Gasteiger partial charge in [-0.25, -0.2) is 0 Å². The first-order valence-corrected chi connectivity index (χ1v) is 14.2. The summed E-state index contributed by atoms with van der Waals surface area (Å²) in [6, 6.07) is 21.2. The number of anilines is 1. The Morgan fingerprint density at radius 2 is 1.79 bits per heavy atom. The molecule has 1 aromatic heterocycles. The van der Waals surface area contributed by atoms with Gasteiger partial charge in [0.15, 0.2) is 6.29 Å². The highest BCUT2D eigenvalue weighted by Crippen LogP contribution is 2.40. The molecule has 3 atom stereocenters. The number of aromatic nitrogens is 4. The van der Waals surface area contributed by atoms with E-state index < -0.39 is 18.2 Å². The van der Waals surface area contributed by atoms with Crippen LogP contribution in [-0.2, 0) is 25.7 Å². The molecule has 1 saturated heterocycles. The Morgan fingerprint density at radius 1 is 1.00 bits per heavy atom. The molecule has 1 aliphatic heterocycles. The summed E-state index contributed by atoms with van der Waals surface area (Å²) >= 11 is 1.42. The summed E-state index contributed by atoms with van der Waals surface area (Å²) in [5, 5.41) is 43.3. The Morgan fingerprint density at radius 3 is 2.52 bits per heavy atom. The third kappa shape index (κ3) is 7.50. The van der Waals surface area contributed by atoms with Gasteiger partial charge < -0.3 is 30.1 Å². The van der Waals surface area contributed by atoms with Crippen molar-refractivity contribution < 1.29 is 34.4 Å². The number of thioether (sulfide) groups is 1. The van der Waals surface area contributed by atoms with Crippen LogP contribution in [0.15, 0.2) is 78.0 Å². The van der Waals surface area contributed by atoms with Gasteiger partial charge in [0.05, 0.1) is 30.9 Å². The zero-order valence-electron chi connectivity index (χ0n) is 22.4. The maximum Gasteiger partial charge on any atom is 0.303 e. The lowest BCUT2D eigenvalue weighted by atomic mass is 10.0. The van der Waals surface area contributed by atoms with Crippen molar-refractivity contribution in [1.82, 2.24) is 20.2 Å². The minimum absolute atomic E-state index is 0.0580. The molecular weight excluding hydrogens is 562 g/mol. The van der Waals surface area contributed by atoms with Crippen molar-refractivity contribution in [2.75, 3.05) is 11.1 Å². The third-order valence-electron chi connectivity index (χ3n) is 6.56. The molecule has 218 valence electrons. The largest absolute Gasteiger partial charge is 0.508 e. The first kappa shape index (κ1) is 29.2. The number of rotatable bonds is 11. The Hall–Kier alpha value is -4.30. The van der Waals surface area contributed by atoms with Gasteiger partial charge in [-0.2, -0.15) is 4.68 Å². The summed E-state index contributed by atoms with van der Waals surface area (Å²) in [7, 11) is 0. The number of phenols is 1. The fraction of sp³-hybridized carbons (Fsp3) is 0.276. The van der Waals surface area contributed by atoms with Gasteiger partial charge in [0.25, 0.3) is 0 Å². The minimum atomic E-state index is -1.04. The summed E-state index contributed by atoms with van der Waals surface area (Å²) in [4.78, 5) is 23.0. The number of aliphatic hydroxyl groups excluding tert-OH is 1. The van der Waals surface area contributed by atoms with Crippen molar-refractivity contribution in [3.05, 3.63) is 89.5 Å². The molecule has 13 heteroatoms. The Kier molecular flexibility index (Phi) is 9.44. The summed E-state index contributed by atoms with van der Waals surface area (Å²) < 4.78 is 14.4. The number of nitrogens with zero attached hydrogens (tertiary/aromatic N) is 4. The Balaban J connectivity index is 1.34. The van der Waals surface area contributed by atoms with Gasteiger partial charge in [-0.1, -0.05) is 48.2 Å². The van der Waals surface area contributed by atoms with E-state index in [9.17, 15) is 19.8 Å². The fourth-order valence-electron chi connectivity index (χ4n) is 4.42. The lowest BCUT2D eigenvalue weighted by Gasteiger charge is -2.36. The Labute approximate surface area is 245 Å². The number of aliphatic hydroxyl groups is 1. The van der Waals surface area contributed by atoms with Crippen molar-refractivity contribution in [2.24, 2.45) is 0 Å². The van der Waals surface area contributed by atoms with Crippen molar-refractivity contribution in [3.63, 3.8) is 0 Å². The molecule has 1 amide bonds. The zero-order valence-corrected chi connectivity index (χ0v) is 23.2. The number of carbonyl (C=O) groups is 2. The average Bonchev–Trinajstić information content (AvgIpc) is 3.48. The number of carbonyl (C=O) groups excluding carboxylic acids is 1. The molecule has 0 radical (unpaired) electrons. The normalized spacial score (nSPS) is 18.5. The van der Waals surface area contributed by atoms with Crippen molar-refractivity contribution in [1.29, 1.82) is 0 Å². The molecule has 3 aromatic carbocycles. The van der Waals surface area contributed by atoms with Gasteiger partial charge >= 0.3 is 5.97 Å². The van der Waals surface area contributed by atoms with Crippen LogP contribution >= 0.6 is 11.8 Å². The van der Waals surface area contributed by atoms with E-state index in [1.54, 1.807) is 47.1 Å². The number of aromatic hydroxyl groups is 1. The van der Waals surface area contributed by atoms with Gasteiger partial charge in [-0.3, -0.25) is 9.59 Å². The number of hydrogen-bond donors (Lipinski definition) is 4. The van der Waals surface area contributed by atoms with Crippen LogP contribution in [0.4, 0.5) is 5.69 Å². The molecule has 0 spiro atoms. The predicted octanol–water partition coefficient (Wildman–Crippen LogP) is 4.00. The van der Waals surface area contributed by atoms with Gasteiger partial charge in [-0.05, 0) is 58.0 Å². The molecule has 0 aliphatic carbocycles. The lowest BCUT2D eigenvalue weighted by molar-refractivity contribution is -0.245. The summed E-state index contributed by atoms with van der Waals surface area (Å²) in [6.07, 6.45) is -1.18. The van der Waals surface area contributed by atoms with E-state index in [2.05, 4.69) is 20.8 Å². The van der Waals surface area contributed by atoms with Gasteiger partial charge in [0.1, 0.15) is 5.75 Å². The number of hydrogen-bond acceptors (Lipinski definition) is 10. The number of phenolic OH excluding ortho intramolecular Hbond substituents is 1. The van der Waals surface area contributed by atoms with Crippen LogP contribution in [0, 0.1) is 0 Å². The molecular formula is C29H29N5O7S. The number of carboxylic acids is 1. The molecule has 1 aliphatic rings. The molecule has 1 fully saturated rings. The second-order valence-electron chi connectivity index (χ2n) is 9.62. The van der Waals surface area contributed by atoms with E-state index in [0.29, 0.717) is 34.3 Å². The lowest BCUT2D eigenvalue weighted by Crippen LogP contribution is -2.31. The number of amides is 1. The zero-order chi connectivity index (χ0) is 29.5. The Bertz CT molecular complexity index is 1510. The van der Waals surface area contributed by atoms with E-state index >= 15 is 0 Å². The van der Waals surface area contributed by atoms with E-state index in [1.165, 1.54) is 11.8 Å². The van der Waals surface area contributed by atoms with E-state index in [-0.39, 0.29) is 37.4 Å². The van der Waals surface area contributed by atoms with Gasteiger partial charge in [0, 0.05) is 29.8 Å². The molecule has 0 saturated carbocycles. The quantitative estimate of drug-likeness (QED) is 0.186. The second-order valence-corrected chi connectivity index (χ2v) is 10.6. The molecule has 12 nitrogen and oxygen atoms in total. The summed E-state index contributed by atoms with van der Waals surface area (Å²) in [6.45, 7) is -0.0580. The van der Waals surface area contributed by atoms with Crippen LogP contribution < -0.4 is 5.32 Å². The first-order valence-electron chi connectivity index (χ1n) is 13.2. The molecule has 5 rings (SSSR count). The van der Waals surface area contributed by atoms with E-state index in [0.717, 1.165) is 11.1 Å². The SMILES string of the molecule is O=C(O)CCC(=O)Nc1cccc([C@@H]2O[C@H](CSc3nnnn3-c3ccc(O)cc3)C[C@H](c3ccc(CO)cc3)O2)c1. The number of ether oxygens (including phenoxy) is 2.